The molecule has 1 amide bonds. The smallest absolute Gasteiger partial charge is 0.257 e. The number of hydrogen-bond donors (Lipinski definition) is 2. The minimum absolute atomic E-state index is 0.257. The number of halogens is 1. The number of aromatic nitrogens is 1. The molecule has 1 aromatic heterocycles. The van der Waals surface area contributed by atoms with Gasteiger partial charge in [-0.1, -0.05) is 17.7 Å². The number of carbonyl (C=O) groups is 1. The Morgan fingerprint density at radius 2 is 1.82 bits per heavy atom. The number of pyridine rings is 1. The second-order valence-electron chi connectivity index (χ2n) is 5.88. The number of anilines is 2. The molecule has 3 rings (SSSR count). The van der Waals surface area contributed by atoms with E-state index in [0.29, 0.717) is 29.4 Å². The molecule has 6 nitrogen and oxygen atoms in total. The van der Waals surface area contributed by atoms with Crippen molar-refractivity contribution in [1.82, 2.24) is 4.98 Å². The van der Waals surface area contributed by atoms with Crippen molar-refractivity contribution in [2.24, 2.45) is 0 Å². The van der Waals surface area contributed by atoms with Crippen molar-refractivity contribution in [1.29, 1.82) is 0 Å². The van der Waals surface area contributed by atoms with Crippen molar-refractivity contribution in [2.45, 2.75) is 0 Å². The largest absolute Gasteiger partial charge is 0.497 e. The molecule has 0 aliphatic carbocycles. The predicted octanol–water partition coefficient (Wildman–Crippen LogP) is 4.49. The van der Waals surface area contributed by atoms with Gasteiger partial charge in [-0.05, 0) is 48.5 Å². The molecular formula is C21H20ClN3O3. The SMILES string of the molecule is COc1ccc(OCCNc2cncc(C(=O)Nc3cccc(Cl)c3)c2)cc1. The average molecular weight is 398 g/mol. The molecule has 0 unspecified atom stereocenters. The molecule has 2 N–H and O–H groups in total. The molecule has 0 bridgehead atoms. The molecule has 0 fully saturated rings. The van der Waals surface area contributed by atoms with E-state index >= 15 is 0 Å². The summed E-state index contributed by atoms with van der Waals surface area (Å²) in [5.74, 6) is 1.28. The highest BCUT2D eigenvalue weighted by atomic mass is 35.5. The number of amides is 1. The number of rotatable bonds is 8. The van der Waals surface area contributed by atoms with Crippen LogP contribution in [0.25, 0.3) is 0 Å². The summed E-state index contributed by atoms with van der Waals surface area (Å²) in [4.78, 5) is 16.5. The van der Waals surface area contributed by atoms with Crippen LogP contribution in [0, 0.1) is 0 Å². The van der Waals surface area contributed by atoms with E-state index in [-0.39, 0.29) is 5.91 Å². The van der Waals surface area contributed by atoms with E-state index in [2.05, 4.69) is 15.6 Å². The zero-order valence-corrected chi connectivity index (χ0v) is 16.1. The number of nitrogens with zero attached hydrogens (tertiary/aromatic N) is 1. The molecular weight excluding hydrogens is 378 g/mol. The van der Waals surface area contributed by atoms with Gasteiger partial charge in [0.2, 0.25) is 0 Å². The third kappa shape index (κ3) is 5.62. The average Bonchev–Trinajstić information content (AvgIpc) is 2.72. The topological polar surface area (TPSA) is 72.5 Å². The Kier molecular flexibility index (Phi) is 6.70. The van der Waals surface area contributed by atoms with E-state index in [1.807, 2.05) is 24.3 Å². The minimum Gasteiger partial charge on any atom is -0.497 e. The van der Waals surface area contributed by atoms with Gasteiger partial charge >= 0.3 is 0 Å². The number of carbonyl (C=O) groups excluding carboxylic acids is 1. The quantitative estimate of drug-likeness (QED) is 0.548. The standard InChI is InChI=1S/C21H20ClN3O3/c1-27-19-5-7-20(8-6-19)28-10-9-24-18-11-15(13-23-14-18)21(26)25-17-4-2-3-16(22)12-17/h2-8,11-14,24H,9-10H2,1H3,(H,25,26). The van der Waals surface area contributed by atoms with E-state index in [1.54, 1.807) is 43.6 Å². The van der Waals surface area contributed by atoms with Gasteiger partial charge < -0.3 is 20.1 Å². The molecule has 3 aromatic rings. The monoisotopic (exact) mass is 397 g/mol. The van der Waals surface area contributed by atoms with Crippen LogP contribution in [0.5, 0.6) is 11.5 Å². The second kappa shape index (κ2) is 9.62. The highest BCUT2D eigenvalue weighted by molar-refractivity contribution is 6.30. The Morgan fingerprint density at radius 3 is 2.57 bits per heavy atom. The van der Waals surface area contributed by atoms with E-state index in [1.165, 1.54) is 6.20 Å². The van der Waals surface area contributed by atoms with Gasteiger partial charge in [0.05, 0.1) is 18.4 Å². The third-order valence-electron chi connectivity index (χ3n) is 3.84. The van der Waals surface area contributed by atoms with Gasteiger partial charge in [-0.25, -0.2) is 0 Å². The van der Waals surface area contributed by atoms with E-state index in [4.69, 9.17) is 21.1 Å². The first-order valence-corrected chi connectivity index (χ1v) is 9.04. The first kappa shape index (κ1) is 19.5. The van der Waals surface area contributed by atoms with Crippen LogP contribution in [0.3, 0.4) is 0 Å². The first-order chi connectivity index (χ1) is 13.6. The van der Waals surface area contributed by atoms with Crippen LogP contribution in [0.1, 0.15) is 10.4 Å². The summed E-state index contributed by atoms with van der Waals surface area (Å²) in [7, 11) is 1.62. The van der Waals surface area contributed by atoms with Crippen LogP contribution in [-0.2, 0) is 0 Å². The maximum Gasteiger partial charge on any atom is 0.257 e. The van der Waals surface area contributed by atoms with Gasteiger partial charge in [-0.15, -0.1) is 0 Å². The Morgan fingerprint density at radius 1 is 1.04 bits per heavy atom. The molecule has 0 radical (unpaired) electrons. The fraction of sp³-hybridized carbons (Fsp3) is 0.143. The van der Waals surface area contributed by atoms with Crippen molar-refractivity contribution in [3.63, 3.8) is 0 Å². The van der Waals surface area contributed by atoms with Crippen LogP contribution < -0.4 is 20.1 Å². The van der Waals surface area contributed by atoms with E-state index < -0.39 is 0 Å². The maximum absolute atomic E-state index is 12.4. The third-order valence-corrected chi connectivity index (χ3v) is 4.08. The lowest BCUT2D eigenvalue weighted by Gasteiger charge is -2.10. The summed E-state index contributed by atoms with van der Waals surface area (Å²) < 4.78 is 10.8. The summed E-state index contributed by atoms with van der Waals surface area (Å²) in [5.41, 5.74) is 1.81. The van der Waals surface area contributed by atoms with E-state index in [9.17, 15) is 4.79 Å². The van der Waals surface area contributed by atoms with Crippen molar-refractivity contribution in [3.8, 4) is 11.5 Å². The van der Waals surface area contributed by atoms with Gasteiger partial charge in [-0.3, -0.25) is 9.78 Å². The summed E-state index contributed by atoms with van der Waals surface area (Å²) in [6.45, 7) is 1.03. The van der Waals surface area contributed by atoms with E-state index in [0.717, 1.165) is 17.2 Å². The van der Waals surface area contributed by atoms with Crippen LogP contribution in [0.15, 0.2) is 67.0 Å². The number of ether oxygens (including phenoxy) is 2. The highest BCUT2D eigenvalue weighted by Crippen LogP contribution is 2.18. The molecule has 28 heavy (non-hydrogen) atoms. The molecule has 144 valence electrons. The zero-order chi connectivity index (χ0) is 19.8. The maximum atomic E-state index is 12.4. The summed E-state index contributed by atoms with van der Waals surface area (Å²) >= 11 is 5.94. The van der Waals surface area contributed by atoms with Gasteiger partial charge in [-0.2, -0.15) is 0 Å². The molecule has 0 saturated carbocycles. The summed E-state index contributed by atoms with van der Waals surface area (Å²) in [6.07, 6.45) is 3.17. The van der Waals surface area contributed by atoms with Crippen LogP contribution in [0.4, 0.5) is 11.4 Å². The number of nitrogens with one attached hydrogen (secondary N) is 2. The normalized spacial score (nSPS) is 10.2. The number of benzene rings is 2. The van der Waals surface area contributed by atoms with Crippen LogP contribution in [-0.4, -0.2) is 31.2 Å². The van der Waals surface area contributed by atoms with Crippen LogP contribution >= 0.6 is 11.6 Å². The van der Waals surface area contributed by atoms with Crippen molar-refractivity contribution in [3.05, 3.63) is 77.6 Å². The van der Waals surface area contributed by atoms with Crippen molar-refractivity contribution >= 4 is 28.9 Å². The van der Waals surface area contributed by atoms with Gasteiger partial charge in [0.15, 0.2) is 0 Å². The van der Waals surface area contributed by atoms with Crippen molar-refractivity contribution < 1.29 is 14.3 Å². The number of methoxy groups -OCH3 is 1. The minimum atomic E-state index is -0.257. The second-order valence-corrected chi connectivity index (χ2v) is 6.31. The summed E-state index contributed by atoms with van der Waals surface area (Å²) in [6, 6.07) is 16.1. The molecule has 0 aliphatic heterocycles. The van der Waals surface area contributed by atoms with Gasteiger partial charge in [0, 0.05) is 29.6 Å². The zero-order valence-electron chi connectivity index (χ0n) is 15.3. The Bertz CT molecular complexity index is 932. The Labute approximate surface area is 168 Å². The van der Waals surface area contributed by atoms with Crippen LogP contribution in [0.2, 0.25) is 5.02 Å². The summed E-state index contributed by atoms with van der Waals surface area (Å²) in [5, 5.41) is 6.55. The molecule has 7 heteroatoms. The highest BCUT2D eigenvalue weighted by Gasteiger charge is 2.08. The number of hydrogen-bond acceptors (Lipinski definition) is 5. The molecule has 0 atom stereocenters. The Balaban J connectivity index is 1.50. The fourth-order valence-corrected chi connectivity index (χ4v) is 2.66. The molecule has 0 spiro atoms. The van der Waals surface area contributed by atoms with Crippen molar-refractivity contribution in [2.75, 3.05) is 30.9 Å². The lowest BCUT2D eigenvalue weighted by molar-refractivity contribution is 0.102. The Hall–Kier alpha value is -3.25. The molecule has 2 aromatic carbocycles. The molecule has 0 aliphatic rings. The van der Waals surface area contributed by atoms with Gasteiger partial charge in [0.25, 0.3) is 5.91 Å². The molecule has 0 saturated heterocycles. The predicted molar refractivity (Wildman–Crippen MR) is 111 cm³/mol. The lowest BCUT2D eigenvalue weighted by atomic mass is 10.2. The van der Waals surface area contributed by atoms with Gasteiger partial charge in [0.1, 0.15) is 18.1 Å². The fourth-order valence-electron chi connectivity index (χ4n) is 2.47. The first-order valence-electron chi connectivity index (χ1n) is 8.67. The lowest BCUT2D eigenvalue weighted by Crippen LogP contribution is -2.14. The molecule has 1 heterocycles.